The first-order valence-corrected chi connectivity index (χ1v) is 8.14. The Balaban J connectivity index is 1.74. The second-order valence-corrected chi connectivity index (χ2v) is 5.99. The number of aromatic nitrogens is 4. The van der Waals surface area contributed by atoms with Gasteiger partial charge in [-0.3, -0.25) is 0 Å². The summed E-state index contributed by atoms with van der Waals surface area (Å²) in [5, 5.41) is 14.6. The quantitative estimate of drug-likeness (QED) is 0.930. The van der Waals surface area contributed by atoms with Crippen LogP contribution in [0.25, 0.3) is 11.4 Å². The highest BCUT2D eigenvalue weighted by atomic mass is 16.5. The Kier molecular flexibility index (Phi) is 4.75. The summed E-state index contributed by atoms with van der Waals surface area (Å²) in [6, 6.07) is 7.42. The van der Waals surface area contributed by atoms with Crippen LogP contribution in [0.5, 0.6) is 0 Å². The van der Waals surface area contributed by atoms with Gasteiger partial charge in [-0.15, -0.1) is 5.10 Å². The van der Waals surface area contributed by atoms with E-state index in [1.165, 1.54) is 0 Å². The first-order valence-electron chi connectivity index (χ1n) is 8.14. The van der Waals surface area contributed by atoms with E-state index >= 15 is 0 Å². The summed E-state index contributed by atoms with van der Waals surface area (Å²) in [6.07, 6.45) is 0.0834. The Morgan fingerprint density at radius 2 is 2.08 bits per heavy atom. The molecule has 0 bridgehead atoms. The molecule has 1 aromatic heterocycles. The maximum Gasteiger partial charge on any atom is 0.322 e. The molecule has 1 aliphatic heterocycles. The number of benzene rings is 1. The van der Waals surface area contributed by atoms with Gasteiger partial charge in [-0.2, -0.15) is 0 Å². The third kappa shape index (κ3) is 3.53. The van der Waals surface area contributed by atoms with Gasteiger partial charge >= 0.3 is 6.03 Å². The highest BCUT2D eigenvalue weighted by Gasteiger charge is 2.25. The highest BCUT2D eigenvalue weighted by molar-refractivity contribution is 5.90. The Bertz CT molecular complexity index is 706. The van der Waals surface area contributed by atoms with Crippen LogP contribution in [0.2, 0.25) is 0 Å². The first-order chi connectivity index (χ1) is 11.6. The van der Waals surface area contributed by atoms with Crippen LogP contribution >= 0.6 is 0 Å². The molecule has 128 valence electrons. The van der Waals surface area contributed by atoms with Gasteiger partial charge in [0.1, 0.15) is 0 Å². The third-order valence-corrected chi connectivity index (χ3v) is 3.91. The lowest BCUT2D eigenvalue weighted by molar-refractivity contribution is -0.0530. The number of hydrogen-bond acceptors (Lipinski definition) is 5. The summed E-state index contributed by atoms with van der Waals surface area (Å²) in [6.45, 7) is 7.78. The Morgan fingerprint density at radius 3 is 2.79 bits per heavy atom. The molecule has 0 saturated carbocycles. The largest absolute Gasteiger partial charge is 0.372 e. The maximum atomic E-state index is 12.5. The lowest BCUT2D eigenvalue weighted by atomic mass is 10.2. The third-order valence-electron chi connectivity index (χ3n) is 3.91. The number of aryl methyl sites for hydroxylation is 1. The predicted octanol–water partition coefficient (Wildman–Crippen LogP) is 2.00. The van der Waals surface area contributed by atoms with Gasteiger partial charge in [0.25, 0.3) is 0 Å². The number of ether oxygens (including phenoxy) is 1. The van der Waals surface area contributed by atoms with Crippen molar-refractivity contribution in [1.29, 1.82) is 0 Å². The van der Waals surface area contributed by atoms with E-state index in [1.807, 2.05) is 45.0 Å². The molecule has 2 aromatic rings. The number of carbonyl (C=O) groups excluding carboxylic acids is 1. The lowest BCUT2D eigenvalue weighted by Gasteiger charge is -2.35. The average molecular weight is 330 g/mol. The zero-order valence-corrected chi connectivity index (χ0v) is 14.1. The van der Waals surface area contributed by atoms with Gasteiger partial charge < -0.3 is 15.0 Å². The van der Waals surface area contributed by atoms with Gasteiger partial charge in [-0.05, 0) is 43.3 Å². The van der Waals surface area contributed by atoms with E-state index in [4.69, 9.17) is 4.74 Å². The van der Waals surface area contributed by atoms with Crippen LogP contribution in [0.3, 0.4) is 0 Å². The predicted molar refractivity (Wildman–Crippen MR) is 89.5 cm³/mol. The summed E-state index contributed by atoms with van der Waals surface area (Å²) >= 11 is 0. The summed E-state index contributed by atoms with van der Waals surface area (Å²) < 4.78 is 7.38. The van der Waals surface area contributed by atoms with Gasteiger partial charge in [0.05, 0.1) is 12.2 Å². The minimum absolute atomic E-state index is 0.0417. The monoisotopic (exact) mass is 330 g/mol. The molecule has 24 heavy (non-hydrogen) atoms. The second kappa shape index (κ2) is 6.96. The number of nitrogens with one attached hydrogen (secondary N) is 1. The van der Waals surface area contributed by atoms with Gasteiger partial charge in [0, 0.05) is 30.9 Å². The number of hydrogen-bond donors (Lipinski definition) is 1. The minimum atomic E-state index is -0.121. The smallest absolute Gasteiger partial charge is 0.322 e. The lowest BCUT2D eigenvalue weighted by Crippen LogP contribution is -2.49. The average Bonchev–Trinajstić information content (AvgIpc) is 3.03. The molecule has 1 saturated heterocycles. The van der Waals surface area contributed by atoms with E-state index in [9.17, 15) is 4.79 Å². The molecule has 0 unspecified atom stereocenters. The summed E-state index contributed by atoms with van der Waals surface area (Å²) in [7, 11) is 0. The van der Waals surface area contributed by atoms with Crippen LogP contribution in [-0.2, 0) is 11.3 Å². The summed E-state index contributed by atoms with van der Waals surface area (Å²) in [5.74, 6) is 0.683. The van der Waals surface area contributed by atoms with Crippen molar-refractivity contribution in [2.75, 3.05) is 18.4 Å². The van der Waals surface area contributed by atoms with Crippen molar-refractivity contribution in [3.8, 4) is 11.4 Å². The summed E-state index contributed by atoms with van der Waals surface area (Å²) in [5.41, 5.74) is 1.58. The molecular formula is C16H22N6O2. The van der Waals surface area contributed by atoms with Gasteiger partial charge in [-0.25, -0.2) is 9.48 Å². The van der Waals surface area contributed by atoms with Gasteiger partial charge in [0.2, 0.25) is 0 Å². The van der Waals surface area contributed by atoms with E-state index < -0.39 is 0 Å². The fraction of sp³-hybridized carbons (Fsp3) is 0.500. The van der Waals surface area contributed by atoms with Crippen molar-refractivity contribution in [3.05, 3.63) is 24.3 Å². The number of morpholine rings is 1. The second-order valence-electron chi connectivity index (χ2n) is 5.99. The van der Waals surface area contributed by atoms with E-state index in [0.717, 1.165) is 11.3 Å². The number of carbonyl (C=O) groups is 1. The Hall–Kier alpha value is -2.48. The van der Waals surface area contributed by atoms with Crippen molar-refractivity contribution >= 4 is 11.7 Å². The topological polar surface area (TPSA) is 85.2 Å². The molecule has 2 amide bonds. The molecule has 8 heteroatoms. The van der Waals surface area contributed by atoms with E-state index in [1.54, 1.807) is 9.58 Å². The molecule has 1 N–H and O–H groups in total. The molecule has 8 nitrogen and oxygen atoms in total. The zero-order valence-electron chi connectivity index (χ0n) is 14.1. The van der Waals surface area contributed by atoms with Crippen molar-refractivity contribution in [2.45, 2.75) is 39.5 Å². The number of nitrogens with zero attached hydrogens (tertiary/aromatic N) is 5. The molecule has 1 aliphatic rings. The maximum absolute atomic E-state index is 12.5. The molecule has 1 fully saturated rings. The minimum Gasteiger partial charge on any atom is -0.372 e. The van der Waals surface area contributed by atoms with Crippen LogP contribution in [0.1, 0.15) is 20.8 Å². The van der Waals surface area contributed by atoms with E-state index in [0.29, 0.717) is 25.5 Å². The van der Waals surface area contributed by atoms with Crippen molar-refractivity contribution in [2.24, 2.45) is 0 Å². The van der Waals surface area contributed by atoms with Crippen LogP contribution in [0.4, 0.5) is 10.5 Å². The first kappa shape index (κ1) is 16.4. The molecule has 2 heterocycles. The van der Waals surface area contributed by atoms with Crippen molar-refractivity contribution < 1.29 is 9.53 Å². The molecule has 1 aromatic carbocycles. The highest BCUT2D eigenvalue weighted by Crippen LogP contribution is 2.21. The fourth-order valence-corrected chi connectivity index (χ4v) is 2.91. The number of rotatable bonds is 3. The van der Waals surface area contributed by atoms with Crippen LogP contribution in [0, 0.1) is 0 Å². The molecule has 0 spiro atoms. The Morgan fingerprint density at radius 1 is 1.33 bits per heavy atom. The molecule has 0 aliphatic carbocycles. The number of amides is 2. The van der Waals surface area contributed by atoms with Gasteiger partial charge in [-0.1, -0.05) is 12.1 Å². The van der Waals surface area contributed by atoms with E-state index in [2.05, 4.69) is 20.8 Å². The standard InChI is InChI=1S/C16H22N6O2/c1-4-22-15(18-19-20-22)13-6-5-7-14(8-13)17-16(23)21-9-11(2)24-12(3)10-21/h5-8,11-12H,4,9-10H2,1-3H3,(H,17,23)/t11-,12-/m1/s1. The Labute approximate surface area is 140 Å². The molecule has 2 atom stereocenters. The number of urea groups is 1. The fourth-order valence-electron chi connectivity index (χ4n) is 2.91. The molecule has 0 radical (unpaired) electrons. The van der Waals surface area contributed by atoms with E-state index in [-0.39, 0.29) is 18.2 Å². The van der Waals surface area contributed by atoms with Crippen LogP contribution < -0.4 is 5.32 Å². The normalized spacial score (nSPS) is 20.9. The number of anilines is 1. The van der Waals surface area contributed by atoms with Gasteiger partial charge in [0.15, 0.2) is 5.82 Å². The number of tetrazole rings is 1. The van der Waals surface area contributed by atoms with Crippen LogP contribution in [0.15, 0.2) is 24.3 Å². The van der Waals surface area contributed by atoms with Crippen molar-refractivity contribution in [1.82, 2.24) is 25.1 Å². The SMILES string of the molecule is CCn1nnnc1-c1cccc(NC(=O)N2C[C@@H](C)O[C@H](C)C2)c1. The molecular weight excluding hydrogens is 308 g/mol. The van der Waals surface area contributed by atoms with Crippen LogP contribution in [-0.4, -0.2) is 56.4 Å². The molecule has 3 rings (SSSR count). The summed E-state index contributed by atoms with van der Waals surface area (Å²) in [4.78, 5) is 14.3. The van der Waals surface area contributed by atoms with Crippen molar-refractivity contribution in [3.63, 3.8) is 0 Å². The zero-order chi connectivity index (χ0) is 17.1.